The SMILES string of the molecule is N=C([C@@H]1C=Cc2oc(C(Cl)(Cl)Cl)nc21)C(Cl)(Cl)Cl. The summed E-state index contributed by atoms with van der Waals surface area (Å²) in [5, 5.41) is 7.81. The standard InChI is InChI=1S/C9H4Cl6N2O/c10-8(11,12)6(16)3-1-2-4-5(3)17-7(18-4)9(13,14)15/h1-3,16H/t3-/m1/s1. The van der Waals surface area contributed by atoms with Crippen LogP contribution in [-0.2, 0) is 3.79 Å². The number of oxazole rings is 1. The Morgan fingerprint density at radius 1 is 1.22 bits per heavy atom. The Balaban J connectivity index is 2.38. The Morgan fingerprint density at radius 3 is 2.33 bits per heavy atom. The molecule has 0 unspecified atom stereocenters. The van der Waals surface area contributed by atoms with Crippen molar-refractivity contribution >= 4 is 81.4 Å². The molecule has 1 aromatic rings. The van der Waals surface area contributed by atoms with Gasteiger partial charge in [0, 0.05) is 0 Å². The Labute approximate surface area is 132 Å². The number of fused-ring (bicyclic) bond motifs is 1. The van der Waals surface area contributed by atoms with Gasteiger partial charge in [-0.1, -0.05) is 75.7 Å². The van der Waals surface area contributed by atoms with E-state index in [1.807, 2.05) is 0 Å². The van der Waals surface area contributed by atoms with Gasteiger partial charge in [0.2, 0.25) is 9.68 Å². The predicted molar refractivity (Wildman–Crippen MR) is 75.5 cm³/mol. The number of allylic oxidation sites excluding steroid dienone is 1. The number of rotatable bonds is 1. The van der Waals surface area contributed by atoms with Crippen molar-refractivity contribution in [3.63, 3.8) is 0 Å². The lowest BCUT2D eigenvalue weighted by Crippen LogP contribution is -2.24. The molecule has 1 atom stereocenters. The largest absolute Gasteiger partial charge is 0.437 e. The van der Waals surface area contributed by atoms with Crippen LogP contribution in [-0.4, -0.2) is 14.5 Å². The maximum absolute atomic E-state index is 7.81. The summed E-state index contributed by atoms with van der Waals surface area (Å²) in [6.07, 6.45) is 3.23. The molecule has 98 valence electrons. The molecule has 0 radical (unpaired) electrons. The van der Waals surface area contributed by atoms with Crippen molar-refractivity contribution in [2.24, 2.45) is 0 Å². The minimum atomic E-state index is -1.82. The van der Waals surface area contributed by atoms with Gasteiger partial charge in [-0.3, -0.25) is 0 Å². The van der Waals surface area contributed by atoms with Gasteiger partial charge in [-0.05, 0) is 6.08 Å². The highest BCUT2D eigenvalue weighted by atomic mass is 35.6. The van der Waals surface area contributed by atoms with Crippen LogP contribution in [0.3, 0.4) is 0 Å². The molecule has 3 nitrogen and oxygen atoms in total. The summed E-state index contributed by atoms with van der Waals surface area (Å²) in [5.41, 5.74) is 0.249. The number of aromatic nitrogens is 1. The molecule has 1 N–H and O–H groups in total. The lowest BCUT2D eigenvalue weighted by Gasteiger charge is -2.16. The number of hydrogen-bond donors (Lipinski definition) is 1. The number of nitrogens with zero attached hydrogens (tertiary/aromatic N) is 1. The predicted octanol–water partition coefficient (Wildman–Crippen LogP) is 5.00. The average molecular weight is 369 g/mol. The smallest absolute Gasteiger partial charge is 0.266 e. The quantitative estimate of drug-likeness (QED) is 0.560. The molecule has 0 bridgehead atoms. The second kappa shape index (κ2) is 4.72. The molecule has 2 rings (SSSR count). The number of halogens is 6. The van der Waals surface area contributed by atoms with E-state index in [2.05, 4.69) is 4.98 Å². The van der Waals surface area contributed by atoms with Crippen LogP contribution in [0.2, 0.25) is 0 Å². The first-order chi connectivity index (χ1) is 8.10. The van der Waals surface area contributed by atoms with Gasteiger partial charge < -0.3 is 9.83 Å². The van der Waals surface area contributed by atoms with Gasteiger partial charge in [-0.2, -0.15) is 0 Å². The zero-order valence-electron chi connectivity index (χ0n) is 8.36. The van der Waals surface area contributed by atoms with Gasteiger partial charge >= 0.3 is 0 Å². The fourth-order valence-corrected chi connectivity index (χ4v) is 2.09. The van der Waals surface area contributed by atoms with Gasteiger partial charge in [0.05, 0.1) is 17.3 Å². The first kappa shape index (κ1) is 14.8. The van der Waals surface area contributed by atoms with Gasteiger partial charge in [-0.15, -0.1) is 0 Å². The van der Waals surface area contributed by atoms with Gasteiger partial charge in [0.1, 0.15) is 0 Å². The molecule has 9 heteroatoms. The first-order valence-corrected chi connectivity index (χ1v) is 6.79. The summed E-state index contributed by atoms with van der Waals surface area (Å²) >= 11 is 34.0. The van der Waals surface area contributed by atoms with Crippen LogP contribution in [0.1, 0.15) is 23.3 Å². The second-order valence-electron chi connectivity index (χ2n) is 3.51. The van der Waals surface area contributed by atoms with Crippen LogP contribution in [0, 0.1) is 5.41 Å². The van der Waals surface area contributed by atoms with Gasteiger partial charge in [0.25, 0.3) is 3.79 Å². The molecule has 1 aliphatic carbocycles. The molecule has 1 aliphatic rings. The molecule has 18 heavy (non-hydrogen) atoms. The summed E-state index contributed by atoms with van der Waals surface area (Å²) in [7, 11) is 0. The zero-order valence-corrected chi connectivity index (χ0v) is 12.9. The molecular formula is C9H4Cl6N2O. The van der Waals surface area contributed by atoms with E-state index < -0.39 is 13.5 Å². The molecule has 0 aliphatic heterocycles. The fourth-order valence-electron chi connectivity index (χ4n) is 1.49. The van der Waals surface area contributed by atoms with Crippen molar-refractivity contribution in [1.82, 2.24) is 4.98 Å². The third kappa shape index (κ3) is 2.77. The summed E-state index contributed by atoms with van der Waals surface area (Å²) < 4.78 is 1.67. The third-order valence-corrected chi connectivity index (χ3v) is 3.37. The van der Waals surface area contributed by atoms with E-state index in [0.717, 1.165) is 0 Å². The molecule has 0 saturated heterocycles. The van der Waals surface area contributed by atoms with Crippen molar-refractivity contribution < 1.29 is 4.42 Å². The van der Waals surface area contributed by atoms with Crippen LogP contribution >= 0.6 is 69.6 Å². The van der Waals surface area contributed by atoms with E-state index in [1.165, 1.54) is 0 Å². The van der Waals surface area contributed by atoms with Crippen molar-refractivity contribution in [2.75, 3.05) is 0 Å². The van der Waals surface area contributed by atoms with E-state index in [0.29, 0.717) is 11.5 Å². The summed E-state index contributed by atoms with van der Waals surface area (Å²) in [6, 6.07) is 0. The molecule has 0 amide bonds. The Kier molecular flexibility index (Phi) is 3.87. The van der Waals surface area contributed by atoms with Crippen molar-refractivity contribution in [1.29, 1.82) is 5.41 Å². The van der Waals surface area contributed by atoms with Crippen LogP contribution in [0.25, 0.3) is 6.08 Å². The lowest BCUT2D eigenvalue weighted by atomic mass is 10.0. The van der Waals surface area contributed by atoms with Gasteiger partial charge in [0.15, 0.2) is 5.76 Å². The molecule has 1 heterocycles. The number of alkyl halides is 6. The minimum Gasteiger partial charge on any atom is -0.437 e. The van der Waals surface area contributed by atoms with Crippen LogP contribution in [0.5, 0.6) is 0 Å². The molecule has 0 fully saturated rings. The van der Waals surface area contributed by atoms with E-state index in [9.17, 15) is 0 Å². The lowest BCUT2D eigenvalue weighted by molar-refractivity contribution is 0.495. The van der Waals surface area contributed by atoms with E-state index in [1.54, 1.807) is 12.2 Å². The molecule has 0 saturated carbocycles. The average Bonchev–Trinajstić information content (AvgIpc) is 2.71. The van der Waals surface area contributed by atoms with E-state index in [4.69, 9.17) is 79.4 Å². The topological polar surface area (TPSA) is 49.9 Å². The van der Waals surface area contributed by atoms with E-state index in [-0.39, 0.29) is 11.6 Å². The molecule has 0 aromatic carbocycles. The summed E-state index contributed by atoms with van der Waals surface area (Å²) in [5.74, 6) is -0.290. The molecule has 1 aromatic heterocycles. The summed E-state index contributed by atoms with van der Waals surface area (Å²) in [6.45, 7) is 0. The van der Waals surface area contributed by atoms with E-state index >= 15 is 0 Å². The minimum absolute atomic E-state index is 0.0797. The number of hydrogen-bond acceptors (Lipinski definition) is 3. The fraction of sp³-hybridized carbons (Fsp3) is 0.333. The maximum Gasteiger partial charge on any atom is 0.266 e. The first-order valence-electron chi connectivity index (χ1n) is 4.52. The maximum atomic E-state index is 7.81. The highest BCUT2D eigenvalue weighted by Crippen LogP contribution is 2.43. The monoisotopic (exact) mass is 366 g/mol. The second-order valence-corrected chi connectivity index (χ2v) is 8.08. The van der Waals surface area contributed by atoms with Gasteiger partial charge in [-0.25, -0.2) is 4.98 Å². The normalized spacial score (nSPS) is 19.1. The Morgan fingerprint density at radius 2 is 1.83 bits per heavy atom. The third-order valence-electron chi connectivity index (χ3n) is 2.27. The summed E-state index contributed by atoms with van der Waals surface area (Å²) in [4.78, 5) is 4.04. The van der Waals surface area contributed by atoms with Crippen LogP contribution in [0.15, 0.2) is 10.5 Å². The Hall–Kier alpha value is 0.360. The van der Waals surface area contributed by atoms with Crippen LogP contribution in [0.4, 0.5) is 0 Å². The van der Waals surface area contributed by atoms with Crippen molar-refractivity contribution in [2.45, 2.75) is 13.5 Å². The molecular weight excluding hydrogens is 365 g/mol. The van der Waals surface area contributed by atoms with Crippen molar-refractivity contribution in [3.8, 4) is 0 Å². The molecule has 0 spiro atoms. The number of nitrogens with one attached hydrogen (secondary N) is 1. The Bertz CT molecular complexity index is 524. The highest BCUT2D eigenvalue weighted by Gasteiger charge is 2.39. The van der Waals surface area contributed by atoms with Crippen molar-refractivity contribution in [3.05, 3.63) is 23.4 Å². The van der Waals surface area contributed by atoms with Crippen LogP contribution < -0.4 is 0 Å². The highest BCUT2D eigenvalue weighted by molar-refractivity contribution is 6.77. The zero-order chi connectivity index (χ0) is 13.7.